The quantitative estimate of drug-likeness (QED) is 0.294. The molecule has 2 heterocycles. The first-order valence-electron chi connectivity index (χ1n) is 10.9. The van der Waals surface area contributed by atoms with Gasteiger partial charge in [-0.15, -0.1) is 10.2 Å². The summed E-state index contributed by atoms with van der Waals surface area (Å²) < 4.78 is 6.13. The molecule has 1 aromatic heterocycles. The van der Waals surface area contributed by atoms with E-state index in [-0.39, 0.29) is 0 Å². The summed E-state index contributed by atoms with van der Waals surface area (Å²) in [6.07, 6.45) is 0. The number of ether oxygens (including phenoxy) is 1. The fraction of sp³-hybridized carbons (Fsp3) is 0. The van der Waals surface area contributed by atoms with Crippen LogP contribution in [0.25, 0.3) is 27.5 Å². The maximum absolute atomic E-state index is 6.13. The van der Waals surface area contributed by atoms with E-state index < -0.39 is 0 Å². The van der Waals surface area contributed by atoms with Crippen LogP contribution in [0.3, 0.4) is 0 Å². The van der Waals surface area contributed by atoms with E-state index in [1.807, 2.05) is 54.6 Å². The fourth-order valence-corrected chi connectivity index (χ4v) is 4.48. The van der Waals surface area contributed by atoms with Gasteiger partial charge in [0.25, 0.3) is 0 Å². The van der Waals surface area contributed by atoms with Crippen molar-refractivity contribution in [1.82, 2.24) is 15.0 Å². The summed E-state index contributed by atoms with van der Waals surface area (Å²) in [6.45, 7) is 0. The SMILES string of the molecule is c1ccc2c(c1)Oc1ccccc1N2c1ccc(-n2nc3ccc4ccccc4c3n2)cc1. The molecule has 156 valence electrons. The van der Waals surface area contributed by atoms with Crippen molar-refractivity contribution < 1.29 is 4.74 Å². The van der Waals surface area contributed by atoms with Crippen LogP contribution in [-0.4, -0.2) is 15.0 Å². The van der Waals surface area contributed by atoms with Crippen LogP contribution in [0.1, 0.15) is 0 Å². The molecule has 0 amide bonds. The highest BCUT2D eigenvalue weighted by atomic mass is 16.5. The van der Waals surface area contributed by atoms with Crippen LogP contribution < -0.4 is 9.64 Å². The average molecular weight is 426 g/mol. The van der Waals surface area contributed by atoms with Gasteiger partial charge in [-0.2, -0.15) is 4.80 Å². The van der Waals surface area contributed by atoms with Gasteiger partial charge in [-0.25, -0.2) is 0 Å². The molecule has 0 unspecified atom stereocenters. The second-order valence-electron chi connectivity index (χ2n) is 8.03. The number of hydrogen-bond donors (Lipinski definition) is 0. The molecule has 0 saturated carbocycles. The summed E-state index contributed by atoms with van der Waals surface area (Å²) in [5, 5.41) is 11.8. The van der Waals surface area contributed by atoms with Gasteiger partial charge in [0.05, 0.1) is 17.1 Å². The van der Waals surface area contributed by atoms with Crippen LogP contribution in [0.5, 0.6) is 11.5 Å². The maximum Gasteiger partial charge on any atom is 0.151 e. The molecule has 5 nitrogen and oxygen atoms in total. The third kappa shape index (κ3) is 2.79. The molecule has 0 N–H and O–H groups in total. The van der Waals surface area contributed by atoms with Crippen molar-refractivity contribution in [3.05, 3.63) is 109 Å². The Bertz CT molecular complexity index is 1610. The van der Waals surface area contributed by atoms with Crippen molar-refractivity contribution >= 4 is 38.9 Å². The van der Waals surface area contributed by atoms with Gasteiger partial charge in [-0.05, 0) is 60.0 Å². The topological polar surface area (TPSA) is 43.2 Å². The number of nitrogens with zero attached hydrogens (tertiary/aromatic N) is 4. The lowest BCUT2D eigenvalue weighted by molar-refractivity contribution is 0.477. The molecule has 33 heavy (non-hydrogen) atoms. The lowest BCUT2D eigenvalue weighted by Crippen LogP contribution is -2.15. The molecule has 0 aliphatic carbocycles. The zero-order valence-corrected chi connectivity index (χ0v) is 17.6. The van der Waals surface area contributed by atoms with Gasteiger partial charge in [0, 0.05) is 11.1 Å². The molecule has 1 aliphatic heterocycles. The van der Waals surface area contributed by atoms with Crippen molar-refractivity contribution in [3.63, 3.8) is 0 Å². The number of anilines is 3. The summed E-state index contributed by atoms with van der Waals surface area (Å²) in [7, 11) is 0. The maximum atomic E-state index is 6.13. The second-order valence-corrected chi connectivity index (χ2v) is 8.03. The Morgan fingerprint density at radius 3 is 1.94 bits per heavy atom. The Labute approximate surface area is 190 Å². The van der Waals surface area contributed by atoms with Crippen molar-refractivity contribution in [2.24, 2.45) is 0 Å². The van der Waals surface area contributed by atoms with Crippen LogP contribution in [-0.2, 0) is 0 Å². The summed E-state index contributed by atoms with van der Waals surface area (Å²) in [4.78, 5) is 3.93. The molecule has 6 aromatic rings. The standard InChI is InChI=1S/C28H18N4O/c1-2-8-22-19(7-1)13-18-23-28(22)30-32(29-23)21-16-14-20(15-17-21)31-24-9-3-5-11-26(24)33-27-12-6-4-10-25(27)31/h1-18H. The van der Waals surface area contributed by atoms with Crippen molar-refractivity contribution in [3.8, 4) is 17.2 Å². The van der Waals surface area contributed by atoms with Crippen LogP contribution in [0.2, 0.25) is 0 Å². The predicted molar refractivity (Wildman–Crippen MR) is 131 cm³/mol. The normalized spacial score (nSPS) is 12.4. The molecule has 0 fully saturated rings. The lowest BCUT2D eigenvalue weighted by atomic mass is 10.1. The molecule has 0 bridgehead atoms. The molecule has 0 atom stereocenters. The van der Waals surface area contributed by atoms with Gasteiger partial charge in [0.15, 0.2) is 11.5 Å². The van der Waals surface area contributed by atoms with E-state index in [0.717, 1.165) is 56.1 Å². The highest BCUT2D eigenvalue weighted by Gasteiger charge is 2.25. The zero-order chi connectivity index (χ0) is 21.8. The average Bonchev–Trinajstić information content (AvgIpc) is 3.32. The van der Waals surface area contributed by atoms with Crippen LogP contribution >= 0.6 is 0 Å². The number of benzene rings is 5. The lowest BCUT2D eigenvalue weighted by Gasteiger charge is -2.32. The van der Waals surface area contributed by atoms with E-state index in [1.54, 1.807) is 4.80 Å². The minimum absolute atomic E-state index is 0.840. The first kappa shape index (κ1) is 18.0. The van der Waals surface area contributed by atoms with Gasteiger partial charge in [0.2, 0.25) is 0 Å². The Hall–Kier alpha value is -4.64. The van der Waals surface area contributed by atoms with E-state index in [2.05, 4.69) is 59.5 Å². The van der Waals surface area contributed by atoms with Gasteiger partial charge < -0.3 is 9.64 Å². The molecule has 7 rings (SSSR count). The molecule has 1 aliphatic rings. The number of para-hydroxylation sites is 4. The third-order valence-corrected chi connectivity index (χ3v) is 6.05. The molecular formula is C28H18N4O. The van der Waals surface area contributed by atoms with E-state index in [1.165, 1.54) is 0 Å². The highest BCUT2D eigenvalue weighted by Crippen LogP contribution is 2.49. The summed E-state index contributed by atoms with van der Waals surface area (Å²) >= 11 is 0. The van der Waals surface area contributed by atoms with E-state index in [4.69, 9.17) is 14.9 Å². The minimum atomic E-state index is 0.840. The summed E-state index contributed by atoms with van der Waals surface area (Å²) in [5.74, 6) is 1.68. The summed E-state index contributed by atoms with van der Waals surface area (Å²) in [5.41, 5.74) is 5.77. The van der Waals surface area contributed by atoms with E-state index >= 15 is 0 Å². The Morgan fingerprint density at radius 2 is 1.18 bits per heavy atom. The zero-order valence-electron chi connectivity index (χ0n) is 17.6. The second kappa shape index (κ2) is 6.93. The van der Waals surface area contributed by atoms with Gasteiger partial charge in [-0.3, -0.25) is 0 Å². The van der Waals surface area contributed by atoms with Crippen molar-refractivity contribution in [1.29, 1.82) is 0 Å². The largest absolute Gasteiger partial charge is 0.453 e. The number of fused-ring (bicyclic) bond motifs is 5. The predicted octanol–water partition coefficient (Wildman–Crippen LogP) is 7.15. The third-order valence-electron chi connectivity index (χ3n) is 6.05. The summed E-state index contributed by atoms with van der Waals surface area (Å²) in [6, 6.07) is 36.9. The van der Waals surface area contributed by atoms with Gasteiger partial charge in [-0.1, -0.05) is 54.6 Å². The number of rotatable bonds is 2. The number of hydrogen-bond acceptors (Lipinski definition) is 4. The Balaban J connectivity index is 1.32. The fourth-order valence-electron chi connectivity index (χ4n) is 4.48. The van der Waals surface area contributed by atoms with E-state index in [9.17, 15) is 0 Å². The Kier molecular flexibility index (Phi) is 3.78. The van der Waals surface area contributed by atoms with Crippen LogP contribution in [0.4, 0.5) is 17.1 Å². The monoisotopic (exact) mass is 426 g/mol. The first-order valence-corrected chi connectivity index (χ1v) is 10.9. The minimum Gasteiger partial charge on any atom is -0.453 e. The molecular weight excluding hydrogens is 408 g/mol. The number of aromatic nitrogens is 3. The highest BCUT2D eigenvalue weighted by molar-refractivity contribution is 6.03. The Morgan fingerprint density at radius 1 is 0.545 bits per heavy atom. The van der Waals surface area contributed by atoms with Crippen LogP contribution in [0.15, 0.2) is 109 Å². The first-order chi connectivity index (χ1) is 16.3. The molecule has 0 radical (unpaired) electrons. The van der Waals surface area contributed by atoms with Crippen molar-refractivity contribution in [2.75, 3.05) is 4.90 Å². The van der Waals surface area contributed by atoms with E-state index in [0.29, 0.717) is 0 Å². The van der Waals surface area contributed by atoms with Gasteiger partial charge in [0.1, 0.15) is 11.0 Å². The molecule has 5 aromatic carbocycles. The smallest absolute Gasteiger partial charge is 0.151 e. The van der Waals surface area contributed by atoms with Crippen molar-refractivity contribution in [2.45, 2.75) is 0 Å². The molecule has 0 saturated heterocycles. The van der Waals surface area contributed by atoms with Crippen LogP contribution in [0, 0.1) is 0 Å². The molecule has 5 heteroatoms. The molecule has 0 spiro atoms. The van der Waals surface area contributed by atoms with Gasteiger partial charge >= 0.3 is 0 Å².